The number of allylic oxidation sites excluding steroid dienone is 2. The fourth-order valence-corrected chi connectivity index (χ4v) is 1.97. The minimum absolute atomic E-state index is 0.252. The second-order valence-electron chi connectivity index (χ2n) is 3.54. The number of nitrogens with zero attached hydrogens (tertiary/aromatic N) is 2. The van der Waals surface area contributed by atoms with Crippen molar-refractivity contribution in [2.45, 2.75) is 12.0 Å². The number of rotatable bonds is 0. The molecule has 0 spiro atoms. The van der Waals surface area contributed by atoms with E-state index < -0.39 is 0 Å². The van der Waals surface area contributed by atoms with Crippen LogP contribution in [0, 0.1) is 0 Å². The molecular weight excluding hydrogens is 172 g/mol. The lowest BCUT2D eigenvalue weighted by atomic mass is 9.88. The third-order valence-corrected chi connectivity index (χ3v) is 2.68. The van der Waals surface area contributed by atoms with Gasteiger partial charge in [0.15, 0.2) is 0 Å². The maximum Gasteiger partial charge on any atom is 0.0801 e. The molecule has 1 aliphatic carbocycles. The number of hydrogen-bond acceptors (Lipinski definition) is 2. The molecule has 0 amide bonds. The molecular formula is C12H10N2. The van der Waals surface area contributed by atoms with Crippen LogP contribution in [0.4, 0.5) is 0 Å². The average molecular weight is 182 g/mol. The minimum atomic E-state index is 0.252. The van der Waals surface area contributed by atoms with E-state index in [1.165, 1.54) is 0 Å². The number of aliphatic imine (C=N–C) groups is 1. The molecule has 0 saturated carbocycles. The maximum atomic E-state index is 4.49. The Hall–Kier alpha value is -1.70. The monoisotopic (exact) mass is 182 g/mol. The SMILES string of the molecule is C1=CC2N=Cc3cccnc3C2C=C1. The van der Waals surface area contributed by atoms with E-state index >= 15 is 0 Å². The lowest BCUT2D eigenvalue weighted by Crippen LogP contribution is -2.21. The molecule has 0 bridgehead atoms. The van der Waals surface area contributed by atoms with E-state index in [0.29, 0.717) is 5.92 Å². The van der Waals surface area contributed by atoms with Crippen LogP contribution in [-0.2, 0) is 0 Å². The van der Waals surface area contributed by atoms with Gasteiger partial charge in [0.2, 0.25) is 0 Å². The number of hydrogen-bond donors (Lipinski definition) is 0. The van der Waals surface area contributed by atoms with Gasteiger partial charge in [-0.05, 0) is 6.07 Å². The van der Waals surface area contributed by atoms with Gasteiger partial charge in [-0.25, -0.2) is 0 Å². The first-order valence-corrected chi connectivity index (χ1v) is 4.78. The highest BCUT2D eigenvalue weighted by Crippen LogP contribution is 2.30. The van der Waals surface area contributed by atoms with E-state index in [1.807, 2.05) is 24.6 Å². The summed E-state index contributed by atoms with van der Waals surface area (Å²) < 4.78 is 0. The van der Waals surface area contributed by atoms with Gasteiger partial charge in [-0.2, -0.15) is 0 Å². The Morgan fingerprint density at radius 2 is 2.07 bits per heavy atom. The summed E-state index contributed by atoms with van der Waals surface area (Å²) >= 11 is 0. The highest BCUT2D eigenvalue weighted by Gasteiger charge is 2.25. The van der Waals surface area contributed by atoms with Crippen molar-refractivity contribution in [2.24, 2.45) is 4.99 Å². The Balaban J connectivity index is 2.15. The van der Waals surface area contributed by atoms with Gasteiger partial charge in [0.1, 0.15) is 0 Å². The van der Waals surface area contributed by atoms with E-state index in [9.17, 15) is 0 Å². The van der Waals surface area contributed by atoms with Gasteiger partial charge in [-0.15, -0.1) is 0 Å². The normalized spacial score (nSPS) is 27.1. The van der Waals surface area contributed by atoms with Crippen LogP contribution in [0.25, 0.3) is 0 Å². The van der Waals surface area contributed by atoms with Crippen molar-refractivity contribution < 1.29 is 0 Å². The summed E-state index contributed by atoms with van der Waals surface area (Å²) in [6.45, 7) is 0. The van der Waals surface area contributed by atoms with Crippen LogP contribution in [0.2, 0.25) is 0 Å². The van der Waals surface area contributed by atoms with Crippen LogP contribution < -0.4 is 0 Å². The van der Waals surface area contributed by atoms with E-state index in [-0.39, 0.29) is 6.04 Å². The fraction of sp³-hybridized carbons (Fsp3) is 0.167. The smallest absolute Gasteiger partial charge is 0.0801 e. The topological polar surface area (TPSA) is 25.2 Å². The molecule has 68 valence electrons. The molecule has 0 N–H and O–H groups in total. The molecule has 2 atom stereocenters. The Kier molecular flexibility index (Phi) is 1.60. The lowest BCUT2D eigenvalue weighted by molar-refractivity contribution is 0.686. The first-order chi connectivity index (χ1) is 6.95. The van der Waals surface area contributed by atoms with Crippen molar-refractivity contribution in [3.8, 4) is 0 Å². The largest absolute Gasteiger partial charge is 0.284 e. The third-order valence-electron chi connectivity index (χ3n) is 2.68. The predicted molar refractivity (Wildman–Crippen MR) is 56.6 cm³/mol. The highest BCUT2D eigenvalue weighted by molar-refractivity contribution is 5.83. The lowest BCUT2D eigenvalue weighted by Gasteiger charge is -2.25. The van der Waals surface area contributed by atoms with Crippen LogP contribution in [0.5, 0.6) is 0 Å². The third kappa shape index (κ3) is 1.04. The van der Waals surface area contributed by atoms with Crippen molar-refractivity contribution >= 4 is 6.21 Å². The van der Waals surface area contributed by atoms with Gasteiger partial charge in [-0.3, -0.25) is 9.98 Å². The molecule has 0 aromatic carbocycles. The highest BCUT2D eigenvalue weighted by atomic mass is 14.8. The summed E-state index contributed by atoms with van der Waals surface area (Å²) in [5.74, 6) is 0.334. The molecule has 0 saturated heterocycles. The summed E-state index contributed by atoms with van der Waals surface area (Å²) in [5.41, 5.74) is 2.29. The van der Waals surface area contributed by atoms with Crippen molar-refractivity contribution in [2.75, 3.05) is 0 Å². The van der Waals surface area contributed by atoms with E-state index in [2.05, 4.69) is 34.3 Å². The zero-order chi connectivity index (χ0) is 9.38. The summed E-state index contributed by atoms with van der Waals surface area (Å²) in [4.78, 5) is 8.92. The van der Waals surface area contributed by atoms with E-state index in [1.54, 1.807) is 0 Å². The first kappa shape index (κ1) is 7.68. The Morgan fingerprint density at radius 3 is 3.07 bits per heavy atom. The van der Waals surface area contributed by atoms with Gasteiger partial charge in [0.05, 0.1) is 11.7 Å². The van der Waals surface area contributed by atoms with Gasteiger partial charge in [0, 0.05) is 23.9 Å². The maximum absolute atomic E-state index is 4.49. The molecule has 3 rings (SSSR count). The van der Waals surface area contributed by atoms with Crippen molar-refractivity contribution in [3.05, 3.63) is 53.9 Å². The summed E-state index contributed by atoms with van der Waals surface area (Å²) in [6, 6.07) is 4.27. The quantitative estimate of drug-likeness (QED) is 0.603. The van der Waals surface area contributed by atoms with Crippen molar-refractivity contribution in [1.29, 1.82) is 0 Å². The summed E-state index contributed by atoms with van der Waals surface area (Å²) in [7, 11) is 0. The van der Waals surface area contributed by atoms with Gasteiger partial charge < -0.3 is 0 Å². The number of fused-ring (bicyclic) bond motifs is 3. The second-order valence-corrected chi connectivity index (χ2v) is 3.54. The molecule has 2 heterocycles. The molecule has 2 nitrogen and oxygen atoms in total. The molecule has 0 radical (unpaired) electrons. The number of aromatic nitrogens is 1. The second kappa shape index (κ2) is 2.91. The fourth-order valence-electron chi connectivity index (χ4n) is 1.97. The average Bonchev–Trinajstić information content (AvgIpc) is 2.29. The molecule has 0 fully saturated rings. The van der Waals surface area contributed by atoms with Crippen molar-refractivity contribution in [1.82, 2.24) is 4.98 Å². The molecule has 2 unspecified atom stereocenters. The Bertz CT molecular complexity index is 443. The Morgan fingerprint density at radius 1 is 1.14 bits per heavy atom. The molecule has 2 aliphatic rings. The van der Waals surface area contributed by atoms with Gasteiger partial charge in [0.25, 0.3) is 0 Å². The molecule has 2 heteroatoms. The first-order valence-electron chi connectivity index (χ1n) is 4.78. The van der Waals surface area contributed by atoms with Crippen LogP contribution in [0.15, 0.2) is 47.6 Å². The van der Waals surface area contributed by atoms with E-state index in [0.717, 1.165) is 11.3 Å². The zero-order valence-electron chi connectivity index (χ0n) is 7.67. The summed E-state index contributed by atoms with van der Waals surface area (Å²) in [6.07, 6.45) is 12.2. The molecule has 1 aromatic rings. The predicted octanol–water partition coefficient (Wildman–Crippen LogP) is 2.09. The van der Waals surface area contributed by atoms with Crippen LogP contribution >= 0.6 is 0 Å². The Labute approximate surface area is 82.7 Å². The molecule has 1 aliphatic heterocycles. The van der Waals surface area contributed by atoms with Crippen LogP contribution in [-0.4, -0.2) is 17.2 Å². The molecule has 14 heavy (non-hydrogen) atoms. The zero-order valence-corrected chi connectivity index (χ0v) is 7.67. The van der Waals surface area contributed by atoms with E-state index in [4.69, 9.17) is 0 Å². The molecule has 1 aromatic heterocycles. The summed E-state index contributed by atoms with van der Waals surface area (Å²) in [5, 5.41) is 0. The van der Waals surface area contributed by atoms with Gasteiger partial charge >= 0.3 is 0 Å². The minimum Gasteiger partial charge on any atom is -0.284 e. The standard InChI is InChI=1S/C12H10N2/c1-2-6-11-10(5-1)12-9(8-14-11)4-3-7-13-12/h1-8,10-11H. The van der Waals surface area contributed by atoms with Gasteiger partial charge in [-0.1, -0.05) is 30.4 Å². The van der Waals surface area contributed by atoms with Crippen LogP contribution in [0.3, 0.4) is 0 Å². The van der Waals surface area contributed by atoms with Crippen molar-refractivity contribution in [3.63, 3.8) is 0 Å². The van der Waals surface area contributed by atoms with Crippen LogP contribution in [0.1, 0.15) is 17.2 Å². The number of pyridine rings is 1.